The van der Waals surface area contributed by atoms with Crippen molar-refractivity contribution in [2.24, 2.45) is 0 Å². The fourth-order valence-corrected chi connectivity index (χ4v) is 9.13. The molecule has 0 N–H and O–H groups in total. The second-order valence-corrected chi connectivity index (χ2v) is 14.3. The second-order valence-electron chi connectivity index (χ2n) is 13.2. The number of para-hydroxylation sites is 2. The predicted octanol–water partition coefficient (Wildman–Crippen LogP) is 14.7. The van der Waals surface area contributed by atoms with Gasteiger partial charge in [0.15, 0.2) is 0 Å². The van der Waals surface area contributed by atoms with Gasteiger partial charge in [-0.2, -0.15) is 0 Å². The Morgan fingerprint density at radius 1 is 0.404 bits per heavy atom. The number of nitrogens with zero attached hydrogens (tertiary/aromatic N) is 1. The molecule has 3 heterocycles. The summed E-state index contributed by atoms with van der Waals surface area (Å²) in [5.74, 6) is 0. The summed E-state index contributed by atoms with van der Waals surface area (Å²) in [5.41, 5.74) is 11.5. The van der Waals surface area contributed by atoms with E-state index in [9.17, 15) is 0 Å². The topological polar surface area (TPSA) is 29.5 Å². The van der Waals surface area contributed by atoms with Crippen LogP contribution in [0.4, 0.5) is 17.1 Å². The minimum atomic E-state index is 0.866. The molecule has 0 spiro atoms. The van der Waals surface area contributed by atoms with Gasteiger partial charge >= 0.3 is 0 Å². The molecule has 0 saturated heterocycles. The highest BCUT2D eigenvalue weighted by Gasteiger charge is 2.22. The van der Waals surface area contributed by atoms with Gasteiger partial charge in [-0.15, -0.1) is 11.3 Å². The maximum atomic E-state index is 6.60. The van der Waals surface area contributed by atoms with E-state index in [4.69, 9.17) is 8.83 Å². The van der Waals surface area contributed by atoms with Crippen LogP contribution in [0.25, 0.3) is 86.3 Å². The molecule has 0 aliphatic heterocycles. The first kappa shape index (κ1) is 29.1. The number of anilines is 3. The van der Waals surface area contributed by atoms with Crippen LogP contribution < -0.4 is 4.90 Å². The standard InChI is InChI=1S/C48H29NO2S/c1-2-12-30(13-3-1)31-24-26-33(27-25-31)49(40-19-11-22-43-45(40)36-17-5-8-21-42(36)50-43)34-15-10-14-32(28-34)38-29-39-35-16-4-7-20-41(35)51-47(39)46-37-18-6-9-23-44(37)52-48(38)46/h1-29H. The van der Waals surface area contributed by atoms with Crippen molar-refractivity contribution in [3.63, 3.8) is 0 Å². The highest BCUT2D eigenvalue weighted by molar-refractivity contribution is 7.26. The Balaban J connectivity index is 1.16. The van der Waals surface area contributed by atoms with Crippen LogP contribution in [0.15, 0.2) is 185 Å². The monoisotopic (exact) mass is 683 g/mol. The molecule has 8 aromatic carbocycles. The molecule has 0 unspecified atom stereocenters. The number of hydrogen-bond acceptors (Lipinski definition) is 4. The van der Waals surface area contributed by atoms with Gasteiger partial charge in [0, 0.05) is 53.3 Å². The fourth-order valence-electron chi connectivity index (χ4n) is 7.89. The number of benzene rings is 8. The molecule has 0 bridgehead atoms. The first-order valence-electron chi connectivity index (χ1n) is 17.5. The second kappa shape index (κ2) is 11.5. The lowest BCUT2D eigenvalue weighted by molar-refractivity contribution is 0.669. The SMILES string of the molecule is c1ccc(-c2ccc(N(c3cccc(-c4cc5c6ccccc6oc5c5c4sc4ccccc45)c3)c3cccc4oc5ccccc5c34)cc2)cc1. The summed E-state index contributed by atoms with van der Waals surface area (Å²) in [6.07, 6.45) is 0. The molecule has 0 atom stereocenters. The summed E-state index contributed by atoms with van der Waals surface area (Å²) in [6.45, 7) is 0. The lowest BCUT2D eigenvalue weighted by Crippen LogP contribution is -2.10. The lowest BCUT2D eigenvalue weighted by Gasteiger charge is -2.27. The number of furan rings is 2. The normalized spacial score (nSPS) is 11.8. The van der Waals surface area contributed by atoms with E-state index in [1.807, 2.05) is 29.5 Å². The minimum Gasteiger partial charge on any atom is -0.456 e. The van der Waals surface area contributed by atoms with E-state index in [0.717, 1.165) is 66.5 Å². The molecule has 0 fully saturated rings. The van der Waals surface area contributed by atoms with Gasteiger partial charge in [-0.05, 0) is 77.4 Å². The van der Waals surface area contributed by atoms with Gasteiger partial charge in [0.2, 0.25) is 0 Å². The van der Waals surface area contributed by atoms with E-state index in [-0.39, 0.29) is 0 Å². The molecule has 3 nitrogen and oxygen atoms in total. The van der Waals surface area contributed by atoms with E-state index in [1.54, 1.807) is 0 Å². The van der Waals surface area contributed by atoms with Crippen LogP contribution in [0.3, 0.4) is 0 Å². The number of thiophene rings is 1. The van der Waals surface area contributed by atoms with Gasteiger partial charge < -0.3 is 13.7 Å². The Morgan fingerprint density at radius 3 is 1.90 bits per heavy atom. The first-order valence-corrected chi connectivity index (χ1v) is 18.3. The molecular formula is C48H29NO2S. The van der Waals surface area contributed by atoms with Crippen LogP contribution >= 0.6 is 11.3 Å². The van der Waals surface area contributed by atoms with Gasteiger partial charge in [-0.1, -0.05) is 115 Å². The Morgan fingerprint density at radius 2 is 1.06 bits per heavy atom. The molecule has 0 saturated carbocycles. The Labute approximate surface area is 303 Å². The molecule has 52 heavy (non-hydrogen) atoms. The van der Waals surface area contributed by atoms with E-state index >= 15 is 0 Å². The largest absolute Gasteiger partial charge is 0.456 e. The van der Waals surface area contributed by atoms with Crippen molar-refractivity contribution < 1.29 is 8.83 Å². The van der Waals surface area contributed by atoms with Gasteiger partial charge in [0.25, 0.3) is 0 Å². The highest BCUT2D eigenvalue weighted by atomic mass is 32.1. The summed E-state index contributed by atoms with van der Waals surface area (Å²) in [4.78, 5) is 2.37. The van der Waals surface area contributed by atoms with Crippen molar-refractivity contribution in [1.82, 2.24) is 0 Å². The first-order chi connectivity index (χ1) is 25.8. The lowest BCUT2D eigenvalue weighted by atomic mass is 9.98. The average Bonchev–Trinajstić information content (AvgIpc) is 3.90. The maximum Gasteiger partial charge on any atom is 0.144 e. The number of rotatable bonds is 5. The van der Waals surface area contributed by atoms with E-state index in [2.05, 4.69) is 163 Å². The molecule has 244 valence electrons. The minimum absolute atomic E-state index is 0.866. The van der Waals surface area contributed by atoms with Gasteiger partial charge in [-0.3, -0.25) is 0 Å². The third-order valence-corrected chi connectivity index (χ3v) is 11.5. The van der Waals surface area contributed by atoms with Crippen LogP contribution in [0.2, 0.25) is 0 Å². The Hall–Kier alpha value is -6.62. The van der Waals surface area contributed by atoms with E-state index in [0.29, 0.717) is 0 Å². The third kappa shape index (κ3) is 4.45. The van der Waals surface area contributed by atoms with Gasteiger partial charge in [-0.25, -0.2) is 0 Å². The quantitative estimate of drug-likeness (QED) is 0.181. The van der Waals surface area contributed by atoms with Crippen molar-refractivity contribution in [3.05, 3.63) is 176 Å². The summed E-state index contributed by atoms with van der Waals surface area (Å²) in [5, 5.41) is 6.86. The van der Waals surface area contributed by atoms with E-state index in [1.165, 1.54) is 36.9 Å². The number of hydrogen-bond donors (Lipinski definition) is 0. The predicted molar refractivity (Wildman–Crippen MR) is 219 cm³/mol. The van der Waals surface area contributed by atoms with Crippen molar-refractivity contribution in [2.75, 3.05) is 4.90 Å². The summed E-state index contributed by atoms with van der Waals surface area (Å²) in [7, 11) is 0. The maximum absolute atomic E-state index is 6.60. The Kier molecular flexibility index (Phi) is 6.42. The van der Waals surface area contributed by atoms with Gasteiger partial charge in [0.05, 0.1) is 11.1 Å². The summed E-state index contributed by atoms with van der Waals surface area (Å²) < 4.78 is 15.5. The molecule has 11 rings (SSSR count). The average molecular weight is 684 g/mol. The van der Waals surface area contributed by atoms with Crippen LogP contribution in [0.5, 0.6) is 0 Å². The van der Waals surface area contributed by atoms with Crippen LogP contribution in [-0.4, -0.2) is 0 Å². The third-order valence-electron chi connectivity index (χ3n) is 10.3. The van der Waals surface area contributed by atoms with Crippen LogP contribution in [0.1, 0.15) is 0 Å². The molecule has 3 aromatic heterocycles. The number of fused-ring (bicyclic) bond motifs is 10. The Bertz CT molecular complexity index is 3130. The molecule has 11 aromatic rings. The summed E-state index contributed by atoms with van der Waals surface area (Å²) >= 11 is 1.83. The fraction of sp³-hybridized carbons (Fsp3) is 0. The zero-order valence-corrected chi connectivity index (χ0v) is 28.7. The summed E-state index contributed by atoms with van der Waals surface area (Å²) in [6, 6.07) is 62.4. The molecule has 0 aliphatic carbocycles. The smallest absolute Gasteiger partial charge is 0.144 e. The van der Waals surface area contributed by atoms with Gasteiger partial charge in [0.1, 0.15) is 22.3 Å². The zero-order chi connectivity index (χ0) is 34.2. The molecule has 0 radical (unpaired) electrons. The van der Waals surface area contributed by atoms with Crippen molar-refractivity contribution in [1.29, 1.82) is 0 Å². The molecule has 0 amide bonds. The highest BCUT2D eigenvalue weighted by Crippen LogP contribution is 2.48. The molecule has 4 heteroatoms. The van der Waals surface area contributed by atoms with Crippen LogP contribution in [-0.2, 0) is 0 Å². The van der Waals surface area contributed by atoms with Crippen molar-refractivity contribution in [2.45, 2.75) is 0 Å². The van der Waals surface area contributed by atoms with Crippen LogP contribution in [0, 0.1) is 0 Å². The van der Waals surface area contributed by atoms with E-state index < -0.39 is 0 Å². The molecular weight excluding hydrogens is 655 g/mol. The van der Waals surface area contributed by atoms with Crippen molar-refractivity contribution in [3.8, 4) is 22.3 Å². The van der Waals surface area contributed by atoms with Crippen molar-refractivity contribution >= 4 is 92.4 Å². The molecule has 0 aliphatic rings. The zero-order valence-electron chi connectivity index (χ0n) is 27.9.